The lowest BCUT2D eigenvalue weighted by Gasteiger charge is -2.25. The quantitative estimate of drug-likeness (QED) is 0.198. The molecule has 0 saturated carbocycles. The third-order valence-electron chi connectivity index (χ3n) is 5.31. The second-order valence-electron chi connectivity index (χ2n) is 7.84. The highest BCUT2D eigenvalue weighted by Gasteiger charge is 2.42. The zero-order chi connectivity index (χ0) is 24.6. The molecule has 3 aromatic carbocycles. The second-order valence-corrected chi connectivity index (χ2v) is 9.52. The van der Waals surface area contributed by atoms with Crippen molar-refractivity contribution in [2.75, 3.05) is 6.61 Å². The van der Waals surface area contributed by atoms with Gasteiger partial charge in [-0.05, 0) is 29.7 Å². The van der Waals surface area contributed by atoms with Crippen LogP contribution in [0.15, 0.2) is 89.8 Å². The molecular weight excluding hydrogens is 478 g/mol. The molecule has 0 aromatic heterocycles. The standard InChI is InChI=1S/C28H25NO4S2/c1-2-17-32-27(31)25(21-13-7-4-8-14-21)29-26(30)24(35-28(29)34)18-22-15-9-10-16-23(22)33-19-20-11-5-3-6-12-20/h3-16,18,25H,2,17,19H2,1H3/b24-18-. The van der Waals surface area contributed by atoms with Gasteiger partial charge in [-0.1, -0.05) is 110 Å². The number of thioether (sulfide) groups is 1. The monoisotopic (exact) mass is 503 g/mol. The first-order chi connectivity index (χ1) is 17.1. The average molecular weight is 504 g/mol. The van der Waals surface area contributed by atoms with Crippen molar-refractivity contribution in [1.29, 1.82) is 0 Å². The summed E-state index contributed by atoms with van der Waals surface area (Å²) in [5.74, 6) is -0.175. The fourth-order valence-electron chi connectivity index (χ4n) is 3.62. The molecule has 1 fully saturated rings. The summed E-state index contributed by atoms with van der Waals surface area (Å²) in [4.78, 5) is 28.3. The maximum atomic E-state index is 13.5. The van der Waals surface area contributed by atoms with Crippen LogP contribution in [0.5, 0.6) is 5.75 Å². The average Bonchev–Trinajstić information content (AvgIpc) is 3.16. The number of esters is 1. The van der Waals surface area contributed by atoms with E-state index in [0.717, 1.165) is 11.1 Å². The fraction of sp³-hybridized carbons (Fsp3) is 0.179. The van der Waals surface area contributed by atoms with Gasteiger partial charge in [0, 0.05) is 5.56 Å². The van der Waals surface area contributed by atoms with Crippen LogP contribution in [0.2, 0.25) is 0 Å². The van der Waals surface area contributed by atoms with Crippen LogP contribution in [0.4, 0.5) is 0 Å². The fourth-order valence-corrected chi connectivity index (χ4v) is 4.92. The van der Waals surface area contributed by atoms with Gasteiger partial charge in [0.15, 0.2) is 6.04 Å². The van der Waals surface area contributed by atoms with Crippen LogP contribution in [-0.2, 0) is 20.9 Å². The lowest BCUT2D eigenvalue weighted by Crippen LogP contribution is -2.38. The summed E-state index contributed by atoms with van der Waals surface area (Å²) in [6.45, 7) is 2.61. The van der Waals surface area contributed by atoms with E-state index in [1.54, 1.807) is 18.2 Å². The van der Waals surface area contributed by atoms with Crippen LogP contribution in [0.3, 0.4) is 0 Å². The van der Waals surface area contributed by atoms with Gasteiger partial charge in [0.05, 0.1) is 11.5 Å². The van der Waals surface area contributed by atoms with Crippen LogP contribution < -0.4 is 4.74 Å². The van der Waals surface area contributed by atoms with Crippen molar-refractivity contribution in [2.45, 2.75) is 26.0 Å². The van der Waals surface area contributed by atoms with E-state index in [9.17, 15) is 9.59 Å². The van der Waals surface area contributed by atoms with Crippen LogP contribution in [-0.4, -0.2) is 27.7 Å². The zero-order valence-electron chi connectivity index (χ0n) is 19.3. The molecule has 1 saturated heterocycles. The number of thiocarbonyl (C=S) groups is 1. The predicted molar refractivity (Wildman–Crippen MR) is 143 cm³/mol. The molecule has 0 spiro atoms. The van der Waals surface area contributed by atoms with E-state index in [1.807, 2.05) is 79.7 Å². The smallest absolute Gasteiger partial charge is 0.333 e. The summed E-state index contributed by atoms with van der Waals surface area (Å²) in [7, 11) is 0. The van der Waals surface area contributed by atoms with E-state index < -0.39 is 12.0 Å². The molecule has 0 bridgehead atoms. The number of rotatable bonds is 9. The van der Waals surface area contributed by atoms with E-state index in [1.165, 1.54) is 16.7 Å². The van der Waals surface area contributed by atoms with Gasteiger partial charge in [-0.2, -0.15) is 0 Å². The summed E-state index contributed by atoms with van der Waals surface area (Å²) in [6.07, 6.45) is 2.45. The number of carbonyl (C=O) groups is 2. The number of nitrogens with zero attached hydrogens (tertiary/aromatic N) is 1. The lowest BCUT2D eigenvalue weighted by atomic mass is 10.1. The molecule has 3 aromatic rings. The normalized spacial score (nSPS) is 15.3. The maximum Gasteiger partial charge on any atom is 0.333 e. The molecule has 1 amide bonds. The van der Waals surface area contributed by atoms with Gasteiger partial charge in [-0.3, -0.25) is 9.69 Å². The molecule has 1 unspecified atom stereocenters. The lowest BCUT2D eigenvalue weighted by molar-refractivity contribution is -0.151. The largest absolute Gasteiger partial charge is 0.488 e. The number of carbonyl (C=O) groups excluding carboxylic acids is 2. The molecule has 0 radical (unpaired) electrons. The molecule has 35 heavy (non-hydrogen) atoms. The summed E-state index contributed by atoms with van der Waals surface area (Å²) >= 11 is 6.72. The molecule has 7 heteroatoms. The number of benzene rings is 3. The van der Waals surface area contributed by atoms with Crippen LogP contribution in [0.25, 0.3) is 6.08 Å². The molecule has 0 aliphatic carbocycles. The van der Waals surface area contributed by atoms with Gasteiger partial charge in [0.1, 0.15) is 16.7 Å². The van der Waals surface area contributed by atoms with Crippen molar-refractivity contribution in [3.05, 3.63) is 107 Å². The summed E-state index contributed by atoms with van der Waals surface area (Å²) < 4.78 is 11.8. The van der Waals surface area contributed by atoms with E-state index in [2.05, 4.69) is 0 Å². The Kier molecular flexibility index (Phi) is 8.34. The third-order valence-corrected chi connectivity index (χ3v) is 6.64. The van der Waals surface area contributed by atoms with E-state index in [0.29, 0.717) is 33.6 Å². The van der Waals surface area contributed by atoms with Crippen LogP contribution in [0.1, 0.15) is 36.1 Å². The highest BCUT2D eigenvalue weighted by molar-refractivity contribution is 8.26. The first-order valence-corrected chi connectivity index (χ1v) is 12.6. The SMILES string of the molecule is CCCOC(=O)C(c1ccccc1)N1C(=O)/C(=C/c2ccccc2OCc2ccccc2)SC1=S. The van der Waals surface area contributed by atoms with Crippen LogP contribution in [0, 0.1) is 0 Å². The Labute approximate surface area is 214 Å². The Bertz CT molecular complexity index is 1230. The van der Waals surface area contributed by atoms with Gasteiger partial charge in [-0.15, -0.1) is 0 Å². The summed E-state index contributed by atoms with van der Waals surface area (Å²) in [5, 5.41) is 0. The van der Waals surface area contributed by atoms with Gasteiger partial charge in [0.2, 0.25) is 0 Å². The van der Waals surface area contributed by atoms with Crippen molar-refractivity contribution in [1.82, 2.24) is 4.90 Å². The van der Waals surface area contributed by atoms with Crippen molar-refractivity contribution in [3.63, 3.8) is 0 Å². The number of hydrogen-bond acceptors (Lipinski definition) is 6. The Balaban J connectivity index is 1.60. The third kappa shape index (κ3) is 5.99. The molecule has 1 aliphatic rings. The number of ether oxygens (including phenoxy) is 2. The predicted octanol–water partition coefficient (Wildman–Crippen LogP) is 6.16. The minimum Gasteiger partial charge on any atom is -0.488 e. The maximum absolute atomic E-state index is 13.5. The van der Waals surface area contributed by atoms with Crippen molar-refractivity contribution in [3.8, 4) is 5.75 Å². The minimum absolute atomic E-state index is 0.277. The number of amides is 1. The van der Waals surface area contributed by atoms with Crippen molar-refractivity contribution < 1.29 is 19.1 Å². The molecule has 178 valence electrons. The first-order valence-electron chi connectivity index (χ1n) is 11.3. The Morgan fingerprint density at radius 3 is 2.37 bits per heavy atom. The topological polar surface area (TPSA) is 55.8 Å². The molecule has 1 atom stereocenters. The molecule has 5 nitrogen and oxygen atoms in total. The van der Waals surface area contributed by atoms with E-state index in [4.69, 9.17) is 21.7 Å². The van der Waals surface area contributed by atoms with Gasteiger partial charge in [-0.25, -0.2) is 4.79 Å². The summed E-state index contributed by atoms with van der Waals surface area (Å²) in [5.41, 5.74) is 2.46. The van der Waals surface area contributed by atoms with Gasteiger partial charge < -0.3 is 9.47 Å². The van der Waals surface area contributed by atoms with Crippen molar-refractivity contribution >= 4 is 46.3 Å². The molecule has 4 rings (SSSR count). The molecule has 0 N–H and O–H groups in total. The number of hydrogen-bond donors (Lipinski definition) is 0. The van der Waals surface area contributed by atoms with E-state index >= 15 is 0 Å². The molecule has 1 heterocycles. The van der Waals surface area contributed by atoms with Crippen LogP contribution >= 0.6 is 24.0 Å². The Morgan fingerprint density at radius 2 is 1.66 bits per heavy atom. The Morgan fingerprint density at radius 1 is 1.00 bits per heavy atom. The highest BCUT2D eigenvalue weighted by Crippen LogP contribution is 2.39. The van der Waals surface area contributed by atoms with Gasteiger partial charge in [0.25, 0.3) is 5.91 Å². The second kappa shape index (κ2) is 11.8. The summed E-state index contributed by atoms with van der Waals surface area (Å²) in [6, 6.07) is 25.6. The minimum atomic E-state index is -0.939. The Hall–Kier alpha value is -3.42. The number of para-hydroxylation sites is 1. The highest BCUT2D eigenvalue weighted by atomic mass is 32.2. The molecular formula is C28H25NO4S2. The van der Waals surface area contributed by atoms with E-state index in [-0.39, 0.29) is 12.5 Å². The van der Waals surface area contributed by atoms with Gasteiger partial charge >= 0.3 is 5.97 Å². The van der Waals surface area contributed by atoms with Crippen molar-refractivity contribution in [2.24, 2.45) is 0 Å². The zero-order valence-corrected chi connectivity index (χ0v) is 20.9. The first kappa shape index (κ1) is 24.7. The molecule has 1 aliphatic heterocycles.